The molecular formula is C17H27ClN2O. The first-order valence-corrected chi connectivity index (χ1v) is 7.65. The van der Waals surface area contributed by atoms with Gasteiger partial charge in [-0.15, -0.1) is 12.4 Å². The van der Waals surface area contributed by atoms with E-state index in [0.29, 0.717) is 6.54 Å². The average Bonchev–Trinajstić information content (AvgIpc) is 2.47. The molecule has 1 fully saturated rings. The van der Waals surface area contributed by atoms with Crippen molar-refractivity contribution in [2.45, 2.75) is 44.4 Å². The Bertz CT molecular complexity index is 456. The standard InChI is InChI=1S/C17H26N2O.ClH/c1-14-8-4-5-9-15(14)17(10-6-3-7-11-17)13-19-16(20)12-18-2;/h4-5,8-9,18H,3,6-7,10-13H2,1-2H3,(H,19,20);1H. The van der Waals surface area contributed by atoms with Crippen molar-refractivity contribution in [3.8, 4) is 0 Å². The largest absolute Gasteiger partial charge is 0.354 e. The second-order valence-electron chi connectivity index (χ2n) is 5.96. The van der Waals surface area contributed by atoms with E-state index in [1.165, 1.54) is 43.2 Å². The second kappa shape index (κ2) is 8.40. The fourth-order valence-electron chi connectivity index (χ4n) is 3.43. The third-order valence-electron chi connectivity index (χ3n) is 4.49. The maximum atomic E-state index is 11.8. The quantitative estimate of drug-likeness (QED) is 0.878. The molecule has 0 atom stereocenters. The predicted molar refractivity (Wildman–Crippen MR) is 90.1 cm³/mol. The molecule has 1 aliphatic rings. The molecule has 1 aromatic rings. The summed E-state index contributed by atoms with van der Waals surface area (Å²) in [6, 6.07) is 8.63. The fourth-order valence-corrected chi connectivity index (χ4v) is 3.43. The summed E-state index contributed by atoms with van der Waals surface area (Å²) >= 11 is 0. The van der Waals surface area contributed by atoms with E-state index in [-0.39, 0.29) is 23.7 Å². The lowest BCUT2D eigenvalue weighted by Gasteiger charge is -2.39. The number of benzene rings is 1. The average molecular weight is 311 g/mol. The van der Waals surface area contributed by atoms with Gasteiger partial charge >= 0.3 is 0 Å². The van der Waals surface area contributed by atoms with Crippen LogP contribution in [0.3, 0.4) is 0 Å². The van der Waals surface area contributed by atoms with Crippen LogP contribution >= 0.6 is 12.4 Å². The van der Waals surface area contributed by atoms with Gasteiger partial charge in [0, 0.05) is 12.0 Å². The fraction of sp³-hybridized carbons (Fsp3) is 0.588. The van der Waals surface area contributed by atoms with Gasteiger partial charge in [-0.05, 0) is 37.9 Å². The van der Waals surface area contributed by atoms with Gasteiger partial charge in [-0.25, -0.2) is 0 Å². The summed E-state index contributed by atoms with van der Waals surface area (Å²) in [5.41, 5.74) is 2.90. The summed E-state index contributed by atoms with van der Waals surface area (Å²) in [7, 11) is 1.80. The van der Waals surface area contributed by atoms with E-state index in [1.807, 2.05) is 0 Å². The summed E-state index contributed by atoms with van der Waals surface area (Å²) < 4.78 is 0. The Balaban J connectivity index is 0.00000220. The molecule has 2 rings (SSSR count). The van der Waals surface area contributed by atoms with Gasteiger partial charge in [0.15, 0.2) is 0 Å². The van der Waals surface area contributed by atoms with Gasteiger partial charge in [0.1, 0.15) is 0 Å². The molecule has 0 saturated heterocycles. The lowest BCUT2D eigenvalue weighted by Crippen LogP contribution is -2.44. The molecule has 0 aliphatic heterocycles. The number of halogens is 1. The second-order valence-corrected chi connectivity index (χ2v) is 5.96. The molecule has 4 heteroatoms. The molecular weight excluding hydrogens is 284 g/mol. The van der Waals surface area contributed by atoms with E-state index in [9.17, 15) is 4.79 Å². The van der Waals surface area contributed by atoms with Crippen molar-refractivity contribution in [2.24, 2.45) is 0 Å². The molecule has 1 aliphatic carbocycles. The predicted octanol–water partition coefficient (Wildman–Crippen LogP) is 2.95. The van der Waals surface area contributed by atoms with Gasteiger partial charge in [-0.2, -0.15) is 0 Å². The van der Waals surface area contributed by atoms with Crippen LogP contribution < -0.4 is 10.6 Å². The zero-order chi connectivity index (χ0) is 14.4. The number of rotatable bonds is 5. The minimum Gasteiger partial charge on any atom is -0.354 e. The summed E-state index contributed by atoms with van der Waals surface area (Å²) in [4.78, 5) is 11.8. The van der Waals surface area contributed by atoms with Crippen molar-refractivity contribution in [1.29, 1.82) is 0 Å². The first-order valence-electron chi connectivity index (χ1n) is 7.65. The Morgan fingerprint density at radius 2 is 1.86 bits per heavy atom. The number of hydrogen-bond acceptors (Lipinski definition) is 2. The number of aryl methyl sites for hydroxylation is 1. The van der Waals surface area contributed by atoms with Crippen molar-refractivity contribution < 1.29 is 4.79 Å². The number of amides is 1. The third-order valence-corrected chi connectivity index (χ3v) is 4.49. The van der Waals surface area contributed by atoms with E-state index in [4.69, 9.17) is 0 Å². The highest BCUT2D eigenvalue weighted by Crippen LogP contribution is 2.40. The minimum absolute atomic E-state index is 0. The molecule has 0 unspecified atom stereocenters. The topological polar surface area (TPSA) is 41.1 Å². The van der Waals surface area contributed by atoms with Crippen molar-refractivity contribution in [3.05, 3.63) is 35.4 Å². The number of hydrogen-bond donors (Lipinski definition) is 2. The van der Waals surface area contributed by atoms with Gasteiger partial charge < -0.3 is 10.6 Å². The molecule has 1 aromatic carbocycles. The molecule has 2 N–H and O–H groups in total. The van der Waals surface area contributed by atoms with Crippen molar-refractivity contribution >= 4 is 18.3 Å². The molecule has 0 radical (unpaired) electrons. The molecule has 0 bridgehead atoms. The SMILES string of the molecule is CNCC(=O)NCC1(c2ccccc2C)CCCCC1.Cl. The molecule has 1 saturated carbocycles. The zero-order valence-corrected chi connectivity index (χ0v) is 13.9. The lowest BCUT2D eigenvalue weighted by molar-refractivity contribution is -0.120. The molecule has 21 heavy (non-hydrogen) atoms. The molecule has 118 valence electrons. The third kappa shape index (κ3) is 4.45. The summed E-state index contributed by atoms with van der Waals surface area (Å²) in [5, 5.41) is 6.03. The van der Waals surface area contributed by atoms with Gasteiger partial charge in [0.05, 0.1) is 6.54 Å². The first-order chi connectivity index (χ1) is 9.68. The molecule has 3 nitrogen and oxygen atoms in total. The van der Waals surface area contributed by atoms with Gasteiger partial charge in [0.25, 0.3) is 0 Å². The zero-order valence-electron chi connectivity index (χ0n) is 13.1. The Morgan fingerprint density at radius 1 is 1.19 bits per heavy atom. The van der Waals surface area contributed by atoms with Crippen LogP contribution in [-0.2, 0) is 10.2 Å². The number of likely N-dealkylation sites (N-methyl/N-ethyl adjacent to an activating group) is 1. The number of carbonyl (C=O) groups is 1. The van der Waals surface area contributed by atoms with Crippen LogP contribution in [0.2, 0.25) is 0 Å². The van der Waals surface area contributed by atoms with Crippen LogP contribution in [0.5, 0.6) is 0 Å². The van der Waals surface area contributed by atoms with Gasteiger partial charge in [0.2, 0.25) is 5.91 Å². The number of nitrogens with one attached hydrogen (secondary N) is 2. The Hall–Kier alpha value is -1.06. The number of carbonyl (C=O) groups excluding carboxylic acids is 1. The highest BCUT2D eigenvalue weighted by atomic mass is 35.5. The van der Waals surface area contributed by atoms with E-state index in [1.54, 1.807) is 7.05 Å². The van der Waals surface area contributed by atoms with Crippen LogP contribution in [-0.4, -0.2) is 26.0 Å². The highest BCUT2D eigenvalue weighted by Gasteiger charge is 2.35. The van der Waals surface area contributed by atoms with Gasteiger partial charge in [-0.3, -0.25) is 4.79 Å². The molecule has 0 heterocycles. The molecule has 1 amide bonds. The van der Waals surface area contributed by atoms with E-state index in [2.05, 4.69) is 41.8 Å². The monoisotopic (exact) mass is 310 g/mol. The lowest BCUT2D eigenvalue weighted by atomic mass is 9.68. The van der Waals surface area contributed by atoms with E-state index in [0.717, 1.165) is 6.54 Å². The first kappa shape index (κ1) is 18.0. The maximum Gasteiger partial charge on any atom is 0.233 e. The van der Waals surface area contributed by atoms with Crippen LogP contribution in [0.15, 0.2) is 24.3 Å². The van der Waals surface area contributed by atoms with Crippen molar-refractivity contribution in [1.82, 2.24) is 10.6 Å². The smallest absolute Gasteiger partial charge is 0.233 e. The van der Waals surface area contributed by atoms with Crippen LogP contribution in [0.1, 0.15) is 43.2 Å². The maximum absolute atomic E-state index is 11.8. The summed E-state index contributed by atoms with van der Waals surface area (Å²) in [5.74, 6) is 0.0889. The summed E-state index contributed by atoms with van der Waals surface area (Å²) in [6.07, 6.45) is 6.19. The van der Waals surface area contributed by atoms with E-state index >= 15 is 0 Å². The van der Waals surface area contributed by atoms with Crippen molar-refractivity contribution in [2.75, 3.05) is 20.1 Å². The summed E-state index contributed by atoms with van der Waals surface area (Å²) in [6.45, 7) is 3.34. The van der Waals surface area contributed by atoms with Crippen LogP contribution in [0.25, 0.3) is 0 Å². The van der Waals surface area contributed by atoms with Crippen LogP contribution in [0, 0.1) is 6.92 Å². The van der Waals surface area contributed by atoms with Crippen molar-refractivity contribution in [3.63, 3.8) is 0 Å². The Kier molecular flexibility index (Phi) is 7.20. The normalized spacial score (nSPS) is 16.9. The van der Waals surface area contributed by atoms with E-state index < -0.39 is 0 Å². The Morgan fingerprint density at radius 3 is 2.48 bits per heavy atom. The van der Waals surface area contributed by atoms with Gasteiger partial charge in [-0.1, -0.05) is 43.5 Å². The Labute approximate surface area is 134 Å². The van der Waals surface area contributed by atoms with Crippen LogP contribution in [0.4, 0.5) is 0 Å². The minimum atomic E-state index is 0. The molecule has 0 aromatic heterocycles. The highest BCUT2D eigenvalue weighted by molar-refractivity contribution is 5.85. The molecule has 0 spiro atoms.